The van der Waals surface area contributed by atoms with E-state index in [-0.39, 0.29) is 11.6 Å². The first-order valence-corrected chi connectivity index (χ1v) is 13.0. The lowest BCUT2D eigenvalue weighted by Crippen LogP contribution is -2.44. The van der Waals surface area contributed by atoms with Gasteiger partial charge in [-0.2, -0.15) is 13.2 Å². The van der Waals surface area contributed by atoms with Crippen molar-refractivity contribution in [2.24, 2.45) is 0 Å². The van der Waals surface area contributed by atoms with E-state index in [1.54, 1.807) is 0 Å². The molecule has 0 spiro atoms. The van der Waals surface area contributed by atoms with Crippen LogP contribution in [0.1, 0.15) is 58.7 Å². The fourth-order valence-electron chi connectivity index (χ4n) is 1.92. The van der Waals surface area contributed by atoms with E-state index in [4.69, 9.17) is 4.43 Å². The molecule has 0 aliphatic heterocycles. The van der Waals surface area contributed by atoms with Crippen molar-refractivity contribution in [2.45, 2.75) is 76.6 Å². The minimum absolute atomic E-state index is 0.000864. The smallest absolute Gasteiger partial charge is 0.415 e. The van der Waals surface area contributed by atoms with Gasteiger partial charge in [0.2, 0.25) is 0 Å². The summed E-state index contributed by atoms with van der Waals surface area (Å²) in [4.78, 5) is 0. The van der Waals surface area contributed by atoms with Crippen LogP contribution in [-0.4, -0.2) is 23.9 Å². The molecule has 1 N–H and O–H groups in total. The third-order valence-corrected chi connectivity index (χ3v) is 11.0. The molecule has 3 nitrogen and oxygen atoms in total. The van der Waals surface area contributed by atoms with Gasteiger partial charge in [-0.3, -0.25) is 0 Å². The average Bonchev–Trinajstić information content (AvgIpc) is 2.48. The lowest BCUT2D eigenvalue weighted by atomic mass is 10.1. The molecule has 8 heteroatoms. The molecule has 0 aliphatic rings. The Kier molecular flexibility index (Phi) is 7.52. The van der Waals surface area contributed by atoms with E-state index in [0.29, 0.717) is 5.56 Å². The van der Waals surface area contributed by atoms with Gasteiger partial charge in [0.25, 0.3) is 0 Å². The highest BCUT2D eigenvalue weighted by Gasteiger charge is 2.38. The van der Waals surface area contributed by atoms with E-state index in [1.807, 2.05) is 20.8 Å². The topological polar surface area (TPSA) is 38.3 Å². The number of hydrogen-bond donors (Lipinski definition) is 1. The zero-order valence-electron chi connectivity index (χ0n) is 17.5. The molecule has 0 aromatic heterocycles. The second kappa shape index (κ2) is 8.35. The molecule has 0 aliphatic carbocycles. The van der Waals surface area contributed by atoms with E-state index in [1.165, 1.54) is 12.1 Å². The largest absolute Gasteiger partial charge is 0.416 e. The maximum absolute atomic E-state index is 12.8. The molecule has 156 valence electrons. The molecule has 0 unspecified atom stereocenters. The highest BCUT2D eigenvalue weighted by atomic mass is 32.2. The fourth-order valence-corrected chi connectivity index (χ4v) is 3.75. The maximum Gasteiger partial charge on any atom is 0.416 e. The molecule has 2 atom stereocenters. The van der Waals surface area contributed by atoms with Crippen LogP contribution in [-0.2, 0) is 21.6 Å². The van der Waals surface area contributed by atoms with Crippen molar-refractivity contribution in [1.29, 1.82) is 0 Å². The normalized spacial score (nSPS) is 16.3. The summed E-state index contributed by atoms with van der Waals surface area (Å²) in [6.45, 7) is 16.4. The van der Waals surface area contributed by atoms with Crippen molar-refractivity contribution in [3.05, 3.63) is 35.4 Å². The first kappa shape index (κ1) is 24.3. The zero-order valence-corrected chi connectivity index (χ0v) is 19.3. The van der Waals surface area contributed by atoms with Crippen molar-refractivity contribution in [2.75, 3.05) is 6.61 Å². The zero-order chi connectivity index (χ0) is 21.3. The Morgan fingerprint density at radius 2 is 1.52 bits per heavy atom. The number of benzene rings is 1. The summed E-state index contributed by atoms with van der Waals surface area (Å²) in [5.74, 6) is 0. The second-order valence-electron chi connectivity index (χ2n) is 9.24. The summed E-state index contributed by atoms with van der Waals surface area (Å²) >= 11 is 0. The first-order chi connectivity index (χ1) is 11.9. The van der Waals surface area contributed by atoms with Gasteiger partial charge in [0.1, 0.15) is 0 Å². The molecule has 1 rings (SSSR count). The van der Waals surface area contributed by atoms with Crippen LogP contribution in [0, 0.1) is 0 Å². The van der Waals surface area contributed by atoms with Crippen LogP contribution in [0.15, 0.2) is 24.3 Å². The Morgan fingerprint density at radius 1 is 1.04 bits per heavy atom. The summed E-state index contributed by atoms with van der Waals surface area (Å²) < 4.78 is 59.9. The molecular formula is C19H32F3NO2SSi. The molecule has 0 heterocycles. The molecule has 0 bridgehead atoms. The van der Waals surface area contributed by atoms with Gasteiger partial charge in [-0.25, -0.2) is 8.93 Å². The van der Waals surface area contributed by atoms with Gasteiger partial charge < -0.3 is 4.43 Å². The van der Waals surface area contributed by atoms with Crippen LogP contribution < -0.4 is 4.72 Å². The molecule has 0 fully saturated rings. The number of alkyl halides is 3. The van der Waals surface area contributed by atoms with Crippen LogP contribution >= 0.6 is 0 Å². The Morgan fingerprint density at radius 3 is 1.89 bits per heavy atom. The Bertz CT molecular complexity index is 647. The number of hydrogen-bond acceptors (Lipinski definition) is 2. The van der Waals surface area contributed by atoms with Crippen molar-refractivity contribution in [1.82, 2.24) is 4.72 Å². The molecule has 1 aromatic carbocycles. The Hall–Kier alpha value is -0.703. The standard InChI is InChI=1S/C19H32F3NO2SSi/c1-17(2,3)26(24)23-16(13-25-27(7,8)18(4,5)6)14-9-11-15(12-10-14)19(20,21)22/h9-12,16,23H,13H2,1-8H3/t16-,26-/m1/s1. The number of halogens is 3. The van der Waals surface area contributed by atoms with E-state index >= 15 is 0 Å². The quantitative estimate of drug-likeness (QED) is 0.586. The minimum atomic E-state index is -4.38. The van der Waals surface area contributed by atoms with Crippen LogP contribution in [0.4, 0.5) is 13.2 Å². The monoisotopic (exact) mass is 423 g/mol. The Balaban J connectivity index is 3.10. The summed E-state index contributed by atoms with van der Waals surface area (Å²) in [6.07, 6.45) is -4.38. The van der Waals surface area contributed by atoms with Crippen molar-refractivity contribution < 1.29 is 21.8 Å². The molecule has 0 saturated heterocycles. The SMILES string of the molecule is CC(C)(C)[S@@](=O)N[C@H](CO[Si](C)(C)C(C)(C)C)c1ccc(C(F)(F)F)cc1. The molecule has 0 radical (unpaired) electrons. The van der Waals surface area contributed by atoms with Gasteiger partial charge >= 0.3 is 6.18 Å². The summed E-state index contributed by atoms with van der Waals surface area (Å²) in [7, 11) is -3.43. The van der Waals surface area contributed by atoms with Gasteiger partial charge in [0, 0.05) is 0 Å². The third kappa shape index (κ3) is 7.00. The van der Waals surface area contributed by atoms with Gasteiger partial charge in [0.05, 0.1) is 33.9 Å². The van der Waals surface area contributed by atoms with Crippen molar-refractivity contribution in [3.63, 3.8) is 0 Å². The molecule has 0 amide bonds. The fraction of sp³-hybridized carbons (Fsp3) is 0.684. The number of rotatable bonds is 6. The highest BCUT2D eigenvalue weighted by molar-refractivity contribution is 7.84. The van der Waals surface area contributed by atoms with E-state index in [0.717, 1.165) is 12.1 Å². The van der Waals surface area contributed by atoms with Crippen LogP contribution in [0.2, 0.25) is 18.1 Å². The second-order valence-corrected chi connectivity index (χ2v) is 16.0. The summed E-state index contributed by atoms with van der Waals surface area (Å²) in [5.41, 5.74) is -0.0773. The van der Waals surface area contributed by atoms with Crippen molar-refractivity contribution >= 4 is 19.3 Å². The van der Waals surface area contributed by atoms with Gasteiger partial charge in [-0.1, -0.05) is 32.9 Å². The highest BCUT2D eigenvalue weighted by Crippen LogP contribution is 2.37. The van der Waals surface area contributed by atoms with Crippen molar-refractivity contribution in [3.8, 4) is 0 Å². The van der Waals surface area contributed by atoms with Gasteiger partial charge in [0.15, 0.2) is 8.32 Å². The molecular weight excluding hydrogens is 391 g/mol. The van der Waals surface area contributed by atoms with E-state index in [2.05, 4.69) is 38.6 Å². The average molecular weight is 424 g/mol. The molecule has 1 aromatic rings. The summed E-state index contributed by atoms with van der Waals surface area (Å²) in [6, 6.07) is 4.50. The minimum Gasteiger partial charge on any atom is -0.415 e. The van der Waals surface area contributed by atoms with Crippen LogP contribution in [0.3, 0.4) is 0 Å². The molecule has 27 heavy (non-hydrogen) atoms. The lowest BCUT2D eigenvalue weighted by Gasteiger charge is -2.37. The Labute approximate surface area is 164 Å². The van der Waals surface area contributed by atoms with Crippen LogP contribution in [0.25, 0.3) is 0 Å². The van der Waals surface area contributed by atoms with E-state index < -0.39 is 41.8 Å². The first-order valence-electron chi connectivity index (χ1n) is 8.94. The summed E-state index contributed by atoms with van der Waals surface area (Å²) in [5, 5.41) is 0.000864. The maximum atomic E-state index is 12.8. The van der Waals surface area contributed by atoms with Crippen LogP contribution in [0.5, 0.6) is 0 Å². The molecule has 0 saturated carbocycles. The van der Waals surface area contributed by atoms with E-state index in [9.17, 15) is 17.4 Å². The number of nitrogens with one attached hydrogen (secondary N) is 1. The lowest BCUT2D eigenvalue weighted by molar-refractivity contribution is -0.137. The predicted octanol–water partition coefficient (Wildman–Crippen LogP) is 5.82. The predicted molar refractivity (Wildman–Crippen MR) is 108 cm³/mol. The third-order valence-electron chi connectivity index (χ3n) is 4.86. The van der Waals surface area contributed by atoms with Gasteiger partial charge in [-0.05, 0) is 56.6 Å². The van der Waals surface area contributed by atoms with Gasteiger partial charge in [-0.15, -0.1) is 0 Å².